The first-order valence-electron chi connectivity index (χ1n) is 6.11. The van der Waals surface area contributed by atoms with Crippen LogP contribution in [0.3, 0.4) is 0 Å². The summed E-state index contributed by atoms with van der Waals surface area (Å²) in [6, 6.07) is 8.58. The first-order chi connectivity index (χ1) is 7.57. The maximum atomic E-state index is 10.5. The zero-order valence-corrected chi connectivity index (χ0v) is 9.95. The van der Waals surface area contributed by atoms with Gasteiger partial charge in [0, 0.05) is 12.5 Å². The van der Waals surface area contributed by atoms with Crippen molar-refractivity contribution in [1.82, 2.24) is 0 Å². The van der Waals surface area contributed by atoms with Crippen molar-refractivity contribution in [3.05, 3.63) is 35.4 Å². The summed E-state index contributed by atoms with van der Waals surface area (Å²) in [7, 11) is 0. The summed E-state index contributed by atoms with van der Waals surface area (Å²) in [5.41, 5.74) is 7.82. The highest BCUT2D eigenvalue weighted by Gasteiger charge is 2.32. The molecule has 1 aliphatic carbocycles. The van der Waals surface area contributed by atoms with Crippen LogP contribution in [-0.2, 0) is 6.42 Å². The maximum absolute atomic E-state index is 10.5. The molecular weight excluding hydrogens is 198 g/mol. The van der Waals surface area contributed by atoms with Crippen LogP contribution in [0, 0.1) is 6.92 Å². The predicted molar refractivity (Wildman–Crippen MR) is 66.3 cm³/mol. The smallest absolute Gasteiger partial charge is 0.0702 e. The van der Waals surface area contributed by atoms with Crippen LogP contribution >= 0.6 is 0 Å². The molecule has 3 N–H and O–H groups in total. The molecule has 0 heterocycles. The predicted octanol–water partition coefficient (Wildman–Crippen LogP) is 2.17. The van der Waals surface area contributed by atoms with Crippen molar-refractivity contribution < 1.29 is 5.11 Å². The normalized spacial score (nSPS) is 30.3. The van der Waals surface area contributed by atoms with Crippen molar-refractivity contribution in [3.63, 3.8) is 0 Å². The van der Waals surface area contributed by atoms with Gasteiger partial charge in [0.1, 0.15) is 0 Å². The Labute approximate surface area is 97.5 Å². The summed E-state index contributed by atoms with van der Waals surface area (Å²) in [4.78, 5) is 0. The minimum atomic E-state index is -0.576. The zero-order valence-electron chi connectivity index (χ0n) is 9.95. The van der Waals surface area contributed by atoms with Crippen LogP contribution in [0.2, 0.25) is 0 Å². The maximum Gasteiger partial charge on any atom is 0.0702 e. The van der Waals surface area contributed by atoms with Gasteiger partial charge in [0.05, 0.1) is 5.60 Å². The van der Waals surface area contributed by atoms with Gasteiger partial charge in [-0.1, -0.05) is 29.8 Å². The van der Waals surface area contributed by atoms with Crippen LogP contribution in [0.5, 0.6) is 0 Å². The van der Waals surface area contributed by atoms with Gasteiger partial charge in [-0.2, -0.15) is 0 Å². The number of aryl methyl sites for hydroxylation is 1. The molecule has 2 atom stereocenters. The van der Waals surface area contributed by atoms with E-state index in [1.54, 1.807) is 0 Å². The van der Waals surface area contributed by atoms with Gasteiger partial charge in [0.15, 0.2) is 0 Å². The van der Waals surface area contributed by atoms with Crippen LogP contribution in [0.25, 0.3) is 0 Å². The minimum Gasteiger partial charge on any atom is -0.389 e. The second-order valence-electron chi connectivity index (χ2n) is 5.24. The number of aliphatic hydroxyl groups is 1. The Hall–Kier alpha value is -0.860. The highest BCUT2D eigenvalue weighted by molar-refractivity contribution is 5.23. The van der Waals surface area contributed by atoms with E-state index in [0.29, 0.717) is 0 Å². The molecule has 1 aromatic rings. The molecule has 0 bridgehead atoms. The van der Waals surface area contributed by atoms with Crippen LogP contribution in [0.1, 0.15) is 36.8 Å². The Kier molecular flexibility index (Phi) is 3.31. The van der Waals surface area contributed by atoms with Crippen molar-refractivity contribution >= 4 is 0 Å². The summed E-state index contributed by atoms with van der Waals surface area (Å²) < 4.78 is 0. The molecule has 2 rings (SSSR count). The lowest BCUT2D eigenvalue weighted by molar-refractivity contribution is -0.00190. The van der Waals surface area contributed by atoms with Crippen molar-refractivity contribution in [3.8, 4) is 0 Å². The lowest BCUT2D eigenvalue weighted by Gasteiger charge is -2.35. The van der Waals surface area contributed by atoms with Gasteiger partial charge in [0.2, 0.25) is 0 Å². The summed E-state index contributed by atoms with van der Waals surface area (Å²) >= 11 is 0. The van der Waals surface area contributed by atoms with Gasteiger partial charge in [-0.15, -0.1) is 0 Å². The molecule has 16 heavy (non-hydrogen) atoms. The van der Waals surface area contributed by atoms with Crippen LogP contribution < -0.4 is 5.73 Å². The van der Waals surface area contributed by atoms with E-state index in [1.165, 1.54) is 11.1 Å². The molecule has 1 fully saturated rings. The van der Waals surface area contributed by atoms with Crippen LogP contribution in [0.4, 0.5) is 0 Å². The first kappa shape index (κ1) is 11.6. The molecule has 1 saturated carbocycles. The standard InChI is InChI=1S/C14H21NO/c1-11-4-6-12(7-5-11)9-14(16)8-2-3-13(15)10-14/h4-7,13,16H,2-3,8-10,15H2,1H3. The molecule has 88 valence electrons. The largest absolute Gasteiger partial charge is 0.389 e. The molecular formula is C14H21NO. The molecule has 2 unspecified atom stereocenters. The van der Waals surface area contributed by atoms with Gasteiger partial charge < -0.3 is 10.8 Å². The molecule has 2 nitrogen and oxygen atoms in total. The molecule has 0 spiro atoms. The van der Waals surface area contributed by atoms with E-state index in [1.807, 2.05) is 0 Å². The number of benzene rings is 1. The van der Waals surface area contributed by atoms with E-state index in [-0.39, 0.29) is 6.04 Å². The summed E-state index contributed by atoms with van der Waals surface area (Å²) in [5, 5.41) is 10.5. The van der Waals surface area contributed by atoms with Gasteiger partial charge in [-0.25, -0.2) is 0 Å². The Morgan fingerprint density at radius 3 is 2.69 bits per heavy atom. The zero-order chi connectivity index (χ0) is 11.6. The second kappa shape index (κ2) is 4.56. The monoisotopic (exact) mass is 219 g/mol. The van der Waals surface area contributed by atoms with E-state index in [0.717, 1.165) is 32.1 Å². The Morgan fingerprint density at radius 1 is 1.38 bits per heavy atom. The fraction of sp³-hybridized carbons (Fsp3) is 0.571. The van der Waals surface area contributed by atoms with E-state index >= 15 is 0 Å². The number of hydrogen-bond acceptors (Lipinski definition) is 2. The Bertz CT molecular complexity index is 346. The van der Waals surface area contributed by atoms with Crippen molar-refractivity contribution in [1.29, 1.82) is 0 Å². The Balaban J connectivity index is 2.05. The highest BCUT2D eigenvalue weighted by atomic mass is 16.3. The highest BCUT2D eigenvalue weighted by Crippen LogP contribution is 2.30. The van der Waals surface area contributed by atoms with Crippen molar-refractivity contribution in [2.75, 3.05) is 0 Å². The topological polar surface area (TPSA) is 46.2 Å². The van der Waals surface area contributed by atoms with Crippen LogP contribution in [-0.4, -0.2) is 16.7 Å². The van der Waals surface area contributed by atoms with Crippen LogP contribution in [0.15, 0.2) is 24.3 Å². The number of hydrogen-bond donors (Lipinski definition) is 2. The fourth-order valence-electron chi connectivity index (χ4n) is 2.63. The summed E-state index contributed by atoms with van der Waals surface area (Å²) in [6.45, 7) is 2.08. The van der Waals surface area contributed by atoms with E-state index in [9.17, 15) is 5.11 Å². The first-order valence-corrected chi connectivity index (χ1v) is 6.11. The third-order valence-corrected chi connectivity index (χ3v) is 3.51. The number of rotatable bonds is 2. The Morgan fingerprint density at radius 2 is 2.06 bits per heavy atom. The van der Waals surface area contributed by atoms with E-state index < -0.39 is 5.60 Å². The molecule has 2 heteroatoms. The lowest BCUT2D eigenvalue weighted by atomic mass is 9.78. The minimum absolute atomic E-state index is 0.171. The molecule has 0 radical (unpaired) electrons. The van der Waals surface area contributed by atoms with Gasteiger partial charge in [-0.05, 0) is 38.2 Å². The quantitative estimate of drug-likeness (QED) is 0.800. The van der Waals surface area contributed by atoms with Gasteiger partial charge >= 0.3 is 0 Å². The summed E-state index contributed by atoms with van der Waals surface area (Å²) in [5.74, 6) is 0. The third kappa shape index (κ3) is 2.83. The average Bonchev–Trinajstić information content (AvgIpc) is 2.21. The molecule has 0 amide bonds. The lowest BCUT2D eigenvalue weighted by Crippen LogP contribution is -2.42. The molecule has 0 aromatic heterocycles. The van der Waals surface area contributed by atoms with E-state index in [4.69, 9.17) is 5.73 Å². The van der Waals surface area contributed by atoms with Crippen molar-refractivity contribution in [2.24, 2.45) is 5.73 Å². The molecule has 0 saturated heterocycles. The fourth-order valence-corrected chi connectivity index (χ4v) is 2.63. The van der Waals surface area contributed by atoms with Gasteiger partial charge in [-0.3, -0.25) is 0 Å². The second-order valence-corrected chi connectivity index (χ2v) is 5.24. The third-order valence-electron chi connectivity index (χ3n) is 3.51. The van der Waals surface area contributed by atoms with Gasteiger partial charge in [0.25, 0.3) is 0 Å². The van der Waals surface area contributed by atoms with Crippen molar-refractivity contribution in [2.45, 2.75) is 50.7 Å². The van der Waals surface area contributed by atoms with E-state index in [2.05, 4.69) is 31.2 Å². The molecule has 1 aliphatic rings. The summed E-state index contributed by atoms with van der Waals surface area (Å²) in [6.07, 6.45) is 4.45. The SMILES string of the molecule is Cc1ccc(CC2(O)CCCC(N)C2)cc1. The molecule has 0 aliphatic heterocycles. The molecule has 1 aromatic carbocycles. The number of nitrogens with two attached hydrogens (primary N) is 1. The average molecular weight is 219 g/mol.